The predicted octanol–water partition coefficient (Wildman–Crippen LogP) is -0.600. The number of carbonyl (C=O) groups is 1. The average molecular weight is 300 g/mol. The van der Waals surface area contributed by atoms with E-state index in [2.05, 4.69) is 5.32 Å². The molecule has 4 N–H and O–H groups in total. The molecule has 1 aromatic carbocycles. The number of aromatic hydroxyl groups is 1. The molecule has 114 valence electrons. The first-order valence-corrected chi connectivity index (χ1v) is 7.87. The van der Waals surface area contributed by atoms with Gasteiger partial charge in [0, 0.05) is 17.9 Å². The molecule has 1 spiro atoms. The third kappa shape index (κ3) is 1.15. The lowest BCUT2D eigenvalue weighted by molar-refractivity contribution is -0.659. The van der Waals surface area contributed by atoms with Crippen molar-refractivity contribution >= 4 is 5.78 Å². The monoisotopic (exact) mass is 300 g/mol. The molecule has 1 fully saturated rings. The number of ketones is 1. The molecule has 4 atom stereocenters. The largest absolute Gasteiger partial charge is 0.504 e. The zero-order valence-electron chi connectivity index (χ0n) is 12.1. The van der Waals surface area contributed by atoms with Gasteiger partial charge in [-0.2, -0.15) is 0 Å². The fourth-order valence-corrected chi connectivity index (χ4v) is 5.19. The smallest absolute Gasteiger partial charge is 0.196 e. The Hall–Kier alpha value is -1.85. The van der Waals surface area contributed by atoms with Crippen molar-refractivity contribution in [3.63, 3.8) is 0 Å². The summed E-state index contributed by atoms with van der Waals surface area (Å²) in [7, 11) is 0. The molecule has 2 aliphatic heterocycles. The van der Waals surface area contributed by atoms with Crippen LogP contribution in [0.5, 0.6) is 11.5 Å². The first-order valence-electron chi connectivity index (χ1n) is 7.87. The number of ether oxygens (including phenoxy) is 1. The van der Waals surface area contributed by atoms with E-state index >= 15 is 0 Å². The van der Waals surface area contributed by atoms with E-state index in [9.17, 15) is 15.0 Å². The van der Waals surface area contributed by atoms with Crippen molar-refractivity contribution in [1.29, 1.82) is 0 Å². The first kappa shape index (κ1) is 12.7. The number of aliphatic hydroxyl groups is 1. The highest BCUT2D eigenvalue weighted by Gasteiger charge is 2.70. The second-order valence-electron chi connectivity index (χ2n) is 6.94. The topological polar surface area (TPSA) is 83.4 Å². The van der Waals surface area contributed by atoms with Crippen molar-refractivity contribution in [2.45, 2.75) is 30.0 Å². The van der Waals surface area contributed by atoms with E-state index in [1.54, 1.807) is 12.1 Å². The van der Waals surface area contributed by atoms with Crippen LogP contribution in [0.1, 0.15) is 17.5 Å². The van der Waals surface area contributed by atoms with Crippen LogP contribution in [0.15, 0.2) is 24.3 Å². The summed E-state index contributed by atoms with van der Waals surface area (Å²) in [6, 6.07) is 3.56. The molecule has 1 aromatic rings. The van der Waals surface area contributed by atoms with Crippen LogP contribution in [0, 0.1) is 5.92 Å². The molecular weight excluding hydrogens is 282 g/mol. The van der Waals surface area contributed by atoms with Crippen LogP contribution in [-0.2, 0) is 16.6 Å². The molecule has 5 rings (SSSR count). The van der Waals surface area contributed by atoms with E-state index in [1.807, 2.05) is 6.07 Å². The minimum absolute atomic E-state index is 0.0495. The second-order valence-corrected chi connectivity index (χ2v) is 6.94. The molecule has 4 aliphatic rings. The van der Waals surface area contributed by atoms with E-state index < -0.39 is 17.1 Å². The highest BCUT2D eigenvalue weighted by Crippen LogP contribution is 2.62. The van der Waals surface area contributed by atoms with Crippen LogP contribution in [0.25, 0.3) is 0 Å². The predicted molar refractivity (Wildman–Crippen MR) is 76.8 cm³/mol. The maximum absolute atomic E-state index is 12.5. The van der Waals surface area contributed by atoms with Crippen LogP contribution in [-0.4, -0.2) is 40.8 Å². The summed E-state index contributed by atoms with van der Waals surface area (Å²) in [5, 5.41) is 24.0. The number of benzene rings is 1. The molecule has 0 saturated carbocycles. The second kappa shape index (κ2) is 3.73. The van der Waals surface area contributed by atoms with Gasteiger partial charge in [0.15, 0.2) is 23.4 Å². The van der Waals surface area contributed by atoms with Crippen molar-refractivity contribution in [3.8, 4) is 11.5 Å². The van der Waals surface area contributed by atoms with Gasteiger partial charge in [-0.15, -0.1) is 0 Å². The molecule has 2 heterocycles. The number of nitrogens with two attached hydrogens (primary N) is 1. The fraction of sp³-hybridized carbons (Fsp3) is 0.471. The number of hydrogen-bond acceptors (Lipinski definition) is 4. The zero-order chi connectivity index (χ0) is 15.1. The molecule has 0 aromatic heterocycles. The molecule has 5 nitrogen and oxygen atoms in total. The summed E-state index contributed by atoms with van der Waals surface area (Å²) in [6.45, 7) is 1.67. The van der Waals surface area contributed by atoms with Gasteiger partial charge in [-0.3, -0.25) is 4.79 Å². The van der Waals surface area contributed by atoms with Crippen LogP contribution in [0.4, 0.5) is 0 Å². The lowest BCUT2D eigenvalue weighted by Crippen LogP contribution is -2.85. The van der Waals surface area contributed by atoms with E-state index in [1.165, 1.54) is 6.08 Å². The molecule has 1 saturated heterocycles. The summed E-state index contributed by atoms with van der Waals surface area (Å²) in [4.78, 5) is 12.5. The zero-order valence-corrected chi connectivity index (χ0v) is 12.1. The molecule has 2 aliphatic carbocycles. The van der Waals surface area contributed by atoms with Gasteiger partial charge in [-0.25, -0.2) is 0 Å². The molecule has 5 heteroatoms. The molecule has 0 radical (unpaired) electrons. The molecule has 22 heavy (non-hydrogen) atoms. The molecule has 2 bridgehead atoms. The van der Waals surface area contributed by atoms with Crippen LogP contribution >= 0.6 is 0 Å². The Morgan fingerprint density at radius 1 is 1.36 bits per heavy atom. The summed E-state index contributed by atoms with van der Waals surface area (Å²) in [6.07, 6.45) is 3.85. The average Bonchev–Trinajstić information content (AvgIpc) is 2.83. The van der Waals surface area contributed by atoms with Crippen LogP contribution < -0.4 is 10.1 Å². The van der Waals surface area contributed by atoms with Crippen LogP contribution in [0.3, 0.4) is 0 Å². The molecule has 0 unspecified atom stereocenters. The fourth-order valence-electron chi connectivity index (χ4n) is 5.19. The standard InChI is InChI=1S/C17H17NO4/c19-11-2-1-9-7-10-8-18-6-5-16-13(9)14(11)22-15(16)12(20)3-4-17(10,16)21/h1-4,10,15,18-19,21H,5-8H2/p+1/t10-,15-,16-,17+/m0/s1. The minimum atomic E-state index is -1.08. The Kier molecular flexibility index (Phi) is 2.15. The summed E-state index contributed by atoms with van der Waals surface area (Å²) in [5.74, 6) is 0.393. The number of phenols is 1. The Balaban J connectivity index is 1.92. The van der Waals surface area contributed by atoms with Gasteiger partial charge >= 0.3 is 0 Å². The van der Waals surface area contributed by atoms with Gasteiger partial charge in [0.05, 0.1) is 18.5 Å². The number of carbonyl (C=O) groups excluding carboxylic acids is 1. The van der Waals surface area contributed by atoms with Crippen molar-refractivity contribution in [1.82, 2.24) is 0 Å². The lowest BCUT2D eigenvalue weighted by Gasteiger charge is -2.52. The Labute approximate surface area is 127 Å². The van der Waals surface area contributed by atoms with Gasteiger partial charge in [0.2, 0.25) is 0 Å². The van der Waals surface area contributed by atoms with Gasteiger partial charge in [0.1, 0.15) is 5.60 Å². The molecule has 0 amide bonds. The summed E-state index contributed by atoms with van der Waals surface area (Å²) < 4.78 is 5.92. The van der Waals surface area contributed by atoms with Crippen molar-refractivity contribution < 1.29 is 25.1 Å². The van der Waals surface area contributed by atoms with Gasteiger partial charge in [-0.05, 0) is 30.2 Å². The number of phenolic OH excluding ortho intramolecular Hbond substituents is 1. The normalized spacial score (nSPS) is 40.9. The van der Waals surface area contributed by atoms with E-state index in [0.29, 0.717) is 12.2 Å². The Bertz CT molecular complexity index is 742. The maximum Gasteiger partial charge on any atom is 0.196 e. The Morgan fingerprint density at radius 3 is 3.09 bits per heavy atom. The third-order valence-corrected chi connectivity index (χ3v) is 6.11. The molecular formula is C17H18NO4+. The van der Waals surface area contributed by atoms with Gasteiger partial charge in [-0.1, -0.05) is 6.07 Å². The summed E-state index contributed by atoms with van der Waals surface area (Å²) >= 11 is 0. The minimum Gasteiger partial charge on any atom is -0.504 e. The Morgan fingerprint density at radius 2 is 2.23 bits per heavy atom. The quantitative estimate of drug-likeness (QED) is 0.597. The van der Waals surface area contributed by atoms with Crippen LogP contribution in [0.2, 0.25) is 0 Å². The third-order valence-electron chi connectivity index (χ3n) is 6.11. The van der Waals surface area contributed by atoms with E-state index in [-0.39, 0.29) is 17.5 Å². The lowest BCUT2D eigenvalue weighted by atomic mass is 9.51. The highest BCUT2D eigenvalue weighted by molar-refractivity contribution is 5.98. The van der Waals surface area contributed by atoms with E-state index in [4.69, 9.17) is 4.74 Å². The van der Waals surface area contributed by atoms with Crippen molar-refractivity contribution in [2.24, 2.45) is 5.92 Å². The van der Waals surface area contributed by atoms with Gasteiger partial charge in [0.25, 0.3) is 0 Å². The first-order chi connectivity index (χ1) is 10.6. The maximum atomic E-state index is 12.5. The number of rotatable bonds is 0. The van der Waals surface area contributed by atoms with Gasteiger partial charge < -0.3 is 20.3 Å². The number of quaternary nitrogens is 1. The SMILES string of the molecule is O=C1C=C[C@@]2(O)[C@@H]3C[NH2+]CC[C@@]24c2c(ccc(O)c2O[C@@H]14)C3. The van der Waals surface area contributed by atoms with E-state index in [0.717, 1.165) is 30.6 Å². The summed E-state index contributed by atoms with van der Waals surface area (Å²) in [5.41, 5.74) is 0.135. The van der Waals surface area contributed by atoms with Crippen molar-refractivity contribution in [2.75, 3.05) is 13.1 Å². The highest BCUT2D eigenvalue weighted by atomic mass is 16.5. The number of hydrogen-bond donors (Lipinski definition) is 3. The van der Waals surface area contributed by atoms with Crippen molar-refractivity contribution in [3.05, 3.63) is 35.4 Å².